The van der Waals surface area contributed by atoms with Gasteiger partial charge in [-0.25, -0.2) is 17.9 Å². The molecule has 5 nitrogen and oxygen atoms in total. The third-order valence-corrected chi connectivity index (χ3v) is 3.45. The summed E-state index contributed by atoms with van der Waals surface area (Å²) in [5.74, 6) is -1.33. The Kier molecular flexibility index (Phi) is 3.82. The maximum Gasteiger partial charge on any atom is 0.258 e. The number of carbonyl (C=O) groups excluding carboxylic acids is 1. The van der Waals surface area contributed by atoms with Gasteiger partial charge in [-0.2, -0.15) is 0 Å². The van der Waals surface area contributed by atoms with Crippen LogP contribution in [0.25, 0.3) is 0 Å². The molecule has 20 heavy (non-hydrogen) atoms. The first-order valence-corrected chi connectivity index (χ1v) is 7.11. The Hall–Kier alpha value is -2.25. The quantitative estimate of drug-likeness (QED) is 0.903. The molecule has 0 saturated heterocycles. The topological polar surface area (TPSA) is 89.3 Å². The lowest BCUT2D eigenvalue weighted by molar-refractivity contribution is 0.102. The molecule has 0 radical (unpaired) electrons. The number of nitrogens with two attached hydrogens (primary N) is 1. The van der Waals surface area contributed by atoms with Crippen LogP contribution in [0.1, 0.15) is 10.4 Å². The Labute approximate surface area is 115 Å². The molecule has 1 amide bonds. The number of rotatable bonds is 3. The molecule has 0 fully saturated rings. The lowest BCUT2D eigenvalue weighted by Gasteiger charge is -2.07. The van der Waals surface area contributed by atoms with Crippen molar-refractivity contribution in [2.24, 2.45) is 5.14 Å². The largest absolute Gasteiger partial charge is 0.322 e. The number of benzene rings is 2. The van der Waals surface area contributed by atoms with Gasteiger partial charge < -0.3 is 5.32 Å². The van der Waals surface area contributed by atoms with Gasteiger partial charge in [-0.15, -0.1) is 0 Å². The summed E-state index contributed by atoms with van der Waals surface area (Å²) in [6.45, 7) is 0. The smallest absolute Gasteiger partial charge is 0.258 e. The van der Waals surface area contributed by atoms with Crippen molar-refractivity contribution in [3.63, 3.8) is 0 Å². The van der Waals surface area contributed by atoms with Crippen LogP contribution in [-0.2, 0) is 10.0 Å². The van der Waals surface area contributed by atoms with Crippen LogP contribution >= 0.6 is 0 Å². The van der Waals surface area contributed by atoms with Crippen molar-refractivity contribution in [3.05, 3.63) is 59.9 Å². The lowest BCUT2D eigenvalue weighted by atomic mass is 10.2. The summed E-state index contributed by atoms with van der Waals surface area (Å²) >= 11 is 0. The van der Waals surface area contributed by atoms with E-state index in [0.717, 1.165) is 6.07 Å². The molecule has 104 valence electrons. The fourth-order valence-electron chi connectivity index (χ4n) is 1.59. The van der Waals surface area contributed by atoms with Crippen molar-refractivity contribution in [3.8, 4) is 0 Å². The highest BCUT2D eigenvalue weighted by molar-refractivity contribution is 7.89. The van der Waals surface area contributed by atoms with Crippen LogP contribution < -0.4 is 10.5 Å². The molecule has 0 aliphatic rings. The van der Waals surface area contributed by atoms with Crippen LogP contribution in [0.15, 0.2) is 53.4 Å². The summed E-state index contributed by atoms with van der Waals surface area (Å²) in [5.41, 5.74) is 0.0817. The third-order valence-electron chi connectivity index (χ3n) is 2.54. The molecule has 0 bridgehead atoms. The van der Waals surface area contributed by atoms with Crippen LogP contribution in [0.5, 0.6) is 0 Å². The van der Waals surface area contributed by atoms with E-state index >= 15 is 0 Å². The number of halogens is 1. The second-order valence-corrected chi connectivity index (χ2v) is 5.57. The van der Waals surface area contributed by atoms with Crippen molar-refractivity contribution in [2.45, 2.75) is 4.90 Å². The lowest BCUT2D eigenvalue weighted by Crippen LogP contribution is -2.15. The van der Waals surface area contributed by atoms with Gasteiger partial charge in [-0.05, 0) is 30.3 Å². The van der Waals surface area contributed by atoms with E-state index in [1.165, 1.54) is 42.5 Å². The van der Waals surface area contributed by atoms with Gasteiger partial charge in [0.1, 0.15) is 5.82 Å². The van der Waals surface area contributed by atoms with E-state index < -0.39 is 21.7 Å². The Bertz CT molecular complexity index is 760. The number of amides is 1. The predicted octanol–water partition coefficient (Wildman–Crippen LogP) is 1.73. The highest BCUT2D eigenvalue weighted by atomic mass is 32.2. The fourth-order valence-corrected chi connectivity index (χ4v) is 2.15. The molecule has 0 unspecified atom stereocenters. The van der Waals surface area contributed by atoms with Gasteiger partial charge in [0.15, 0.2) is 0 Å². The predicted molar refractivity (Wildman–Crippen MR) is 72.2 cm³/mol. The molecular formula is C13H11FN2O3S. The zero-order valence-electron chi connectivity index (χ0n) is 10.2. The van der Waals surface area contributed by atoms with Gasteiger partial charge in [-0.1, -0.05) is 18.2 Å². The Morgan fingerprint density at radius 2 is 1.80 bits per heavy atom. The number of hydrogen-bond acceptors (Lipinski definition) is 3. The second kappa shape index (κ2) is 5.40. The first-order valence-electron chi connectivity index (χ1n) is 5.56. The highest BCUT2D eigenvalue weighted by Gasteiger charge is 2.13. The van der Waals surface area contributed by atoms with Crippen molar-refractivity contribution >= 4 is 21.6 Å². The molecule has 2 rings (SSSR count). The van der Waals surface area contributed by atoms with E-state index in [2.05, 4.69) is 5.32 Å². The number of hydrogen-bond donors (Lipinski definition) is 2. The van der Waals surface area contributed by atoms with Gasteiger partial charge in [0.05, 0.1) is 10.5 Å². The molecule has 0 saturated carbocycles. The molecule has 2 aromatic carbocycles. The van der Waals surface area contributed by atoms with Crippen molar-refractivity contribution in [1.82, 2.24) is 0 Å². The zero-order valence-corrected chi connectivity index (χ0v) is 11.0. The fraction of sp³-hybridized carbons (Fsp3) is 0. The number of anilines is 1. The van der Waals surface area contributed by atoms with Crippen molar-refractivity contribution < 1.29 is 17.6 Å². The molecule has 0 aromatic heterocycles. The molecule has 0 aliphatic heterocycles. The summed E-state index contributed by atoms with van der Waals surface area (Å²) < 4.78 is 35.8. The van der Waals surface area contributed by atoms with Crippen LogP contribution in [0.2, 0.25) is 0 Å². The van der Waals surface area contributed by atoms with E-state index in [-0.39, 0.29) is 16.1 Å². The van der Waals surface area contributed by atoms with E-state index in [0.29, 0.717) is 0 Å². The Morgan fingerprint density at radius 1 is 1.10 bits per heavy atom. The summed E-state index contributed by atoms with van der Waals surface area (Å²) in [6.07, 6.45) is 0. The average molecular weight is 294 g/mol. The standard InChI is InChI=1S/C13H11FN2O3S/c14-12-7-2-1-6-11(12)13(17)16-9-4-3-5-10(8-9)20(15,18)19/h1-8H,(H,16,17)(H2,15,18,19). The van der Waals surface area contributed by atoms with Gasteiger partial charge in [0.25, 0.3) is 5.91 Å². The Balaban J connectivity index is 2.27. The first kappa shape index (κ1) is 14.2. The minimum absolute atomic E-state index is 0.131. The van der Waals surface area contributed by atoms with E-state index in [9.17, 15) is 17.6 Å². The molecule has 0 aliphatic carbocycles. The number of carbonyl (C=O) groups is 1. The SMILES string of the molecule is NS(=O)(=O)c1cccc(NC(=O)c2ccccc2F)c1. The van der Waals surface area contributed by atoms with E-state index in [4.69, 9.17) is 5.14 Å². The minimum Gasteiger partial charge on any atom is -0.322 e. The summed E-state index contributed by atoms with van der Waals surface area (Å²) in [5, 5.41) is 7.40. The van der Waals surface area contributed by atoms with Crippen LogP contribution in [-0.4, -0.2) is 14.3 Å². The zero-order chi connectivity index (χ0) is 14.8. The second-order valence-electron chi connectivity index (χ2n) is 4.01. The first-order chi connectivity index (χ1) is 9.38. The summed E-state index contributed by atoms with van der Waals surface area (Å²) in [6, 6.07) is 10.9. The summed E-state index contributed by atoms with van der Waals surface area (Å²) in [7, 11) is -3.86. The molecular weight excluding hydrogens is 283 g/mol. The van der Waals surface area contributed by atoms with Gasteiger partial charge in [-0.3, -0.25) is 4.79 Å². The van der Waals surface area contributed by atoms with Crippen LogP contribution in [0.3, 0.4) is 0 Å². The maximum atomic E-state index is 13.4. The molecule has 2 aromatic rings. The van der Waals surface area contributed by atoms with Crippen LogP contribution in [0.4, 0.5) is 10.1 Å². The average Bonchev–Trinajstić information content (AvgIpc) is 2.38. The van der Waals surface area contributed by atoms with E-state index in [1.54, 1.807) is 0 Å². The molecule has 0 spiro atoms. The highest BCUT2D eigenvalue weighted by Crippen LogP contribution is 2.16. The van der Waals surface area contributed by atoms with Crippen molar-refractivity contribution in [2.75, 3.05) is 5.32 Å². The molecule has 0 heterocycles. The van der Waals surface area contributed by atoms with Crippen molar-refractivity contribution in [1.29, 1.82) is 0 Å². The number of nitrogens with one attached hydrogen (secondary N) is 1. The van der Waals surface area contributed by atoms with Gasteiger partial charge >= 0.3 is 0 Å². The molecule has 3 N–H and O–H groups in total. The van der Waals surface area contributed by atoms with Gasteiger partial charge in [0.2, 0.25) is 10.0 Å². The summed E-state index contributed by atoms with van der Waals surface area (Å²) in [4.78, 5) is 11.7. The number of sulfonamides is 1. The molecule has 0 atom stereocenters. The van der Waals surface area contributed by atoms with Crippen LogP contribution in [0, 0.1) is 5.82 Å². The normalized spacial score (nSPS) is 11.1. The maximum absolute atomic E-state index is 13.4. The number of primary sulfonamides is 1. The van der Waals surface area contributed by atoms with E-state index in [1.807, 2.05) is 0 Å². The third kappa shape index (κ3) is 3.19. The monoisotopic (exact) mass is 294 g/mol. The van der Waals surface area contributed by atoms with Gasteiger partial charge in [0, 0.05) is 5.69 Å². The molecule has 7 heteroatoms. The Morgan fingerprint density at radius 3 is 2.45 bits per heavy atom. The minimum atomic E-state index is -3.86.